The van der Waals surface area contributed by atoms with Gasteiger partial charge >= 0.3 is 5.69 Å². The van der Waals surface area contributed by atoms with Crippen molar-refractivity contribution in [3.63, 3.8) is 0 Å². The molecule has 0 radical (unpaired) electrons. The SMILES string of the molecule is Cc1cc(Cl)c2[nH]c(=O)n(C3CCNC3)c2c1. The molecule has 1 saturated heterocycles. The van der Waals surface area contributed by atoms with E-state index in [-0.39, 0.29) is 11.7 Å². The highest BCUT2D eigenvalue weighted by molar-refractivity contribution is 6.35. The zero-order valence-corrected chi connectivity index (χ0v) is 10.3. The summed E-state index contributed by atoms with van der Waals surface area (Å²) in [6.07, 6.45) is 0.985. The second kappa shape index (κ2) is 3.89. The molecule has 1 fully saturated rings. The first-order valence-corrected chi connectivity index (χ1v) is 6.15. The van der Waals surface area contributed by atoms with E-state index < -0.39 is 0 Å². The van der Waals surface area contributed by atoms with E-state index in [9.17, 15) is 4.79 Å². The molecule has 2 N–H and O–H groups in total. The number of rotatable bonds is 1. The van der Waals surface area contributed by atoms with Gasteiger partial charge in [-0.25, -0.2) is 4.79 Å². The summed E-state index contributed by atoms with van der Waals surface area (Å²) in [5.41, 5.74) is 2.66. The third-order valence-corrected chi connectivity index (χ3v) is 3.62. The third-order valence-electron chi connectivity index (χ3n) is 3.32. The Hall–Kier alpha value is -1.26. The molecule has 0 spiro atoms. The molecule has 0 aliphatic carbocycles. The van der Waals surface area contributed by atoms with Gasteiger partial charge in [0.2, 0.25) is 0 Å². The number of benzene rings is 1. The molecular formula is C12H14ClN3O. The van der Waals surface area contributed by atoms with Crippen LogP contribution in [0.2, 0.25) is 5.02 Å². The van der Waals surface area contributed by atoms with Gasteiger partial charge in [0.15, 0.2) is 0 Å². The van der Waals surface area contributed by atoms with Gasteiger partial charge in [-0.3, -0.25) is 4.57 Å². The quantitative estimate of drug-likeness (QED) is 0.812. The summed E-state index contributed by atoms with van der Waals surface area (Å²) in [5, 5.41) is 3.89. The van der Waals surface area contributed by atoms with Gasteiger partial charge in [-0.1, -0.05) is 11.6 Å². The molecule has 1 aromatic carbocycles. The number of hydrogen-bond acceptors (Lipinski definition) is 2. The summed E-state index contributed by atoms with van der Waals surface area (Å²) in [4.78, 5) is 14.9. The minimum Gasteiger partial charge on any atom is -0.315 e. The van der Waals surface area contributed by atoms with Crippen molar-refractivity contribution in [1.29, 1.82) is 0 Å². The normalized spacial score (nSPS) is 20.2. The standard InChI is InChI=1S/C12H14ClN3O/c1-7-4-9(13)11-10(5-7)16(12(17)15-11)8-2-3-14-6-8/h4-5,8,14H,2-3,6H2,1H3,(H,15,17). The largest absolute Gasteiger partial charge is 0.326 e. The maximum Gasteiger partial charge on any atom is 0.326 e. The van der Waals surface area contributed by atoms with Crippen LogP contribution in [0.1, 0.15) is 18.0 Å². The van der Waals surface area contributed by atoms with Crippen LogP contribution in [-0.4, -0.2) is 22.6 Å². The fourth-order valence-electron chi connectivity index (χ4n) is 2.54. The van der Waals surface area contributed by atoms with Gasteiger partial charge in [-0.2, -0.15) is 0 Å². The maximum atomic E-state index is 12.0. The number of fused-ring (bicyclic) bond motifs is 1. The Kier molecular flexibility index (Phi) is 2.49. The number of hydrogen-bond donors (Lipinski definition) is 2. The Morgan fingerprint density at radius 3 is 3.00 bits per heavy atom. The first-order chi connectivity index (χ1) is 8.16. The molecule has 1 aromatic heterocycles. The van der Waals surface area contributed by atoms with Gasteiger partial charge in [0.1, 0.15) is 0 Å². The average molecular weight is 252 g/mol. The van der Waals surface area contributed by atoms with Gasteiger partial charge < -0.3 is 10.3 Å². The van der Waals surface area contributed by atoms with E-state index in [0.29, 0.717) is 5.02 Å². The average Bonchev–Trinajstić information content (AvgIpc) is 2.84. The van der Waals surface area contributed by atoms with Crippen LogP contribution in [0, 0.1) is 6.92 Å². The molecule has 1 aliphatic heterocycles. The predicted molar refractivity (Wildman–Crippen MR) is 68.8 cm³/mol. The number of aryl methyl sites for hydroxylation is 1. The van der Waals surface area contributed by atoms with Crippen molar-refractivity contribution in [3.8, 4) is 0 Å². The molecule has 1 atom stereocenters. The Bertz CT molecular complexity index is 622. The minimum atomic E-state index is -0.0683. The Morgan fingerprint density at radius 2 is 2.29 bits per heavy atom. The van der Waals surface area contributed by atoms with Crippen molar-refractivity contribution in [2.24, 2.45) is 0 Å². The van der Waals surface area contributed by atoms with Crippen molar-refractivity contribution in [2.75, 3.05) is 13.1 Å². The lowest BCUT2D eigenvalue weighted by molar-refractivity contribution is 0.546. The van der Waals surface area contributed by atoms with Crippen molar-refractivity contribution in [3.05, 3.63) is 33.2 Å². The molecule has 4 nitrogen and oxygen atoms in total. The fourth-order valence-corrected chi connectivity index (χ4v) is 2.85. The Labute approximate surface area is 104 Å². The van der Waals surface area contributed by atoms with Gasteiger partial charge in [-0.05, 0) is 37.6 Å². The molecule has 2 heterocycles. The molecule has 1 unspecified atom stereocenters. The summed E-state index contributed by atoms with van der Waals surface area (Å²) in [6.45, 7) is 3.79. The Morgan fingerprint density at radius 1 is 1.47 bits per heavy atom. The highest BCUT2D eigenvalue weighted by Crippen LogP contribution is 2.26. The van der Waals surface area contributed by atoms with Gasteiger partial charge in [0.05, 0.1) is 22.1 Å². The van der Waals surface area contributed by atoms with Crippen molar-refractivity contribution in [2.45, 2.75) is 19.4 Å². The zero-order valence-electron chi connectivity index (χ0n) is 9.59. The summed E-state index contributed by atoms with van der Waals surface area (Å²) in [5.74, 6) is 0. The lowest BCUT2D eigenvalue weighted by Crippen LogP contribution is -2.23. The van der Waals surface area contributed by atoms with Crippen molar-refractivity contribution in [1.82, 2.24) is 14.9 Å². The van der Waals surface area contributed by atoms with Gasteiger partial charge in [0.25, 0.3) is 0 Å². The van der Waals surface area contributed by atoms with Gasteiger partial charge in [-0.15, -0.1) is 0 Å². The molecule has 2 aromatic rings. The zero-order chi connectivity index (χ0) is 12.0. The van der Waals surface area contributed by atoms with E-state index in [1.165, 1.54) is 0 Å². The summed E-state index contributed by atoms with van der Waals surface area (Å²) < 4.78 is 1.83. The van der Waals surface area contributed by atoms with Gasteiger partial charge in [0, 0.05) is 6.54 Å². The van der Waals surface area contributed by atoms with E-state index >= 15 is 0 Å². The number of aromatic amines is 1. The van der Waals surface area contributed by atoms with Crippen LogP contribution < -0.4 is 11.0 Å². The minimum absolute atomic E-state index is 0.0683. The summed E-state index contributed by atoms with van der Waals surface area (Å²) in [7, 11) is 0. The molecule has 5 heteroatoms. The second-order valence-corrected chi connectivity index (χ2v) is 4.99. The van der Waals surface area contributed by atoms with Crippen LogP contribution in [0.5, 0.6) is 0 Å². The van der Waals surface area contributed by atoms with Crippen LogP contribution in [0.3, 0.4) is 0 Å². The number of halogens is 1. The number of nitrogens with zero attached hydrogens (tertiary/aromatic N) is 1. The molecule has 0 amide bonds. The molecule has 0 saturated carbocycles. The van der Waals surface area contributed by atoms with Crippen LogP contribution in [0.15, 0.2) is 16.9 Å². The topological polar surface area (TPSA) is 49.8 Å². The highest BCUT2D eigenvalue weighted by Gasteiger charge is 2.21. The maximum absolute atomic E-state index is 12.0. The molecule has 1 aliphatic rings. The van der Waals surface area contributed by atoms with E-state index in [0.717, 1.165) is 36.1 Å². The molecule has 3 rings (SSSR count). The molecule has 17 heavy (non-hydrogen) atoms. The number of imidazole rings is 1. The predicted octanol–water partition coefficient (Wildman–Crippen LogP) is 1.83. The van der Waals surface area contributed by atoms with E-state index in [2.05, 4.69) is 10.3 Å². The number of aromatic nitrogens is 2. The monoisotopic (exact) mass is 251 g/mol. The summed E-state index contributed by atoms with van der Waals surface area (Å²) in [6, 6.07) is 4.11. The van der Waals surface area contributed by atoms with Crippen molar-refractivity contribution >= 4 is 22.6 Å². The molecule has 0 bridgehead atoms. The van der Waals surface area contributed by atoms with Crippen molar-refractivity contribution < 1.29 is 0 Å². The number of H-pyrrole nitrogens is 1. The number of nitrogens with one attached hydrogen (secondary N) is 2. The summed E-state index contributed by atoms with van der Waals surface area (Å²) >= 11 is 6.16. The van der Waals surface area contributed by atoms with E-state index in [1.807, 2.05) is 23.6 Å². The highest BCUT2D eigenvalue weighted by atomic mass is 35.5. The fraction of sp³-hybridized carbons (Fsp3) is 0.417. The smallest absolute Gasteiger partial charge is 0.315 e. The second-order valence-electron chi connectivity index (χ2n) is 4.59. The molecular weight excluding hydrogens is 238 g/mol. The van der Waals surface area contributed by atoms with Crippen LogP contribution in [0.25, 0.3) is 11.0 Å². The lowest BCUT2D eigenvalue weighted by atomic mass is 10.2. The van der Waals surface area contributed by atoms with E-state index in [1.54, 1.807) is 0 Å². The molecule has 90 valence electrons. The first-order valence-electron chi connectivity index (χ1n) is 5.78. The first kappa shape index (κ1) is 10.9. The van der Waals surface area contributed by atoms with Crippen LogP contribution in [0.4, 0.5) is 0 Å². The lowest BCUT2D eigenvalue weighted by Gasteiger charge is -2.10. The Balaban J connectivity index is 2.29. The van der Waals surface area contributed by atoms with Crippen LogP contribution in [-0.2, 0) is 0 Å². The third kappa shape index (κ3) is 1.68. The van der Waals surface area contributed by atoms with Crippen LogP contribution >= 0.6 is 11.6 Å². The van der Waals surface area contributed by atoms with E-state index in [4.69, 9.17) is 11.6 Å².